The van der Waals surface area contributed by atoms with Crippen LogP contribution in [0.15, 0.2) is 18.2 Å². The number of fused-ring (bicyclic) bond motifs is 1. The number of benzene rings is 1. The maximum atomic E-state index is 11.6. The van der Waals surface area contributed by atoms with Crippen LogP contribution < -0.4 is 0 Å². The fourth-order valence-corrected chi connectivity index (χ4v) is 1.96. The third-order valence-electron chi connectivity index (χ3n) is 2.93. The van der Waals surface area contributed by atoms with E-state index >= 15 is 0 Å². The van der Waals surface area contributed by atoms with Crippen molar-refractivity contribution >= 4 is 5.97 Å². The predicted octanol–water partition coefficient (Wildman–Crippen LogP) is 4.24. The molecule has 94 valence electrons. The molecule has 1 aromatic rings. The molecule has 1 aliphatic rings. The Morgan fingerprint density at radius 2 is 1.76 bits per heavy atom. The van der Waals surface area contributed by atoms with Gasteiger partial charge in [-0.25, -0.2) is 4.79 Å². The zero-order valence-electron chi connectivity index (χ0n) is 11.6. The van der Waals surface area contributed by atoms with Gasteiger partial charge in [0.1, 0.15) is 5.60 Å². The third kappa shape index (κ3) is 2.51. The van der Waals surface area contributed by atoms with Gasteiger partial charge in [-0.2, -0.15) is 0 Å². The summed E-state index contributed by atoms with van der Waals surface area (Å²) in [6.07, 6.45) is 0. The van der Waals surface area contributed by atoms with Crippen LogP contribution in [0.1, 0.15) is 68.9 Å². The Kier molecular flexibility index (Phi) is 3.97. The maximum absolute atomic E-state index is 11.6. The second-order valence-electron chi connectivity index (χ2n) is 4.86. The Labute approximate surface area is 104 Å². The van der Waals surface area contributed by atoms with Crippen LogP contribution in [0, 0.1) is 0 Å². The Bertz CT molecular complexity index is 417. The molecule has 0 bridgehead atoms. The molecule has 1 heterocycles. The highest BCUT2D eigenvalue weighted by Crippen LogP contribution is 2.36. The average molecular weight is 234 g/mol. The van der Waals surface area contributed by atoms with Gasteiger partial charge in [0, 0.05) is 5.56 Å². The number of hydrogen-bond donors (Lipinski definition) is 0. The fraction of sp³-hybridized carbons (Fsp3) is 0.533. The molecule has 0 saturated carbocycles. The first-order valence-corrected chi connectivity index (χ1v) is 6.29. The number of ether oxygens (including phenoxy) is 1. The molecule has 2 heteroatoms. The van der Waals surface area contributed by atoms with E-state index in [4.69, 9.17) is 4.74 Å². The van der Waals surface area contributed by atoms with Crippen LogP contribution >= 0.6 is 0 Å². The Balaban J connectivity index is 0.000000686. The van der Waals surface area contributed by atoms with Crippen molar-refractivity contribution in [2.75, 3.05) is 0 Å². The molecule has 0 spiro atoms. The Morgan fingerprint density at radius 3 is 2.29 bits per heavy atom. The third-order valence-corrected chi connectivity index (χ3v) is 2.93. The molecule has 0 N–H and O–H groups in total. The lowest BCUT2D eigenvalue weighted by atomic mass is 9.92. The summed E-state index contributed by atoms with van der Waals surface area (Å²) in [4.78, 5) is 11.6. The van der Waals surface area contributed by atoms with Gasteiger partial charge in [-0.15, -0.1) is 0 Å². The minimum Gasteiger partial charge on any atom is -0.451 e. The molecule has 17 heavy (non-hydrogen) atoms. The predicted molar refractivity (Wildman–Crippen MR) is 70.3 cm³/mol. The van der Waals surface area contributed by atoms with Crippen LogP contribution in [-0.2, 0) is 10.3 Å². The van der Waals surface area contributed by atoms with Gasteiger partial charge in [0.2, 0.25) is 0 Å². The van der Waals surface area contributed by atoms with Crippen LogP contribution in [0.2, 0.25) is 0 Å². The molecule has 1 aromatic carbocycles. The van der Waals surface area contributed by atoms with Crippen LogP contribution in [0.5, 0.6) is 0 Å². The van der Waals surface area contributed by atoms with Crippen LogP contribution in [0.3, 0.4) is 0 Å². The summed E-state index contributed by atoms with van der Waals surface area (Å²) < 4.78 is 5.31. The van der Waals surface area contributed by atoms with E-state index in [9.17, 15) is 4.79 Å². The lowest BCUT2D eigenvalue weighted by Crippen LogP contribution is -2.15. The van der Waals surface area contributed by atoms with E-state index in [1.54, 1.807) is 0 Å². The zero-order valence-corrected chi connectivity index (χ0v) is 11.6. The Hall–Kier alpha value is -1.31. The lowest BCUT2D eigenvalue weighted by molar-refractivity contribution is 0.00954. The van der Waals surface area contributed by atoms with Gasteiger partial charge in [-0.3, -0.25) is 0 Å². The van der Waals surface area contributed by atoms with Crippen molar-refractivity contribution in [1.29, 1.82) is 0 Å². The second kappa shape index (κ2) is 4.91. The number of cyclic esters (lactones) is 1. The number of esters is 1. The molecule has 2 rings (SSSR count). The summed E-state index contributed by atoms with van der Waals surface area (Å²) in [6, 6.07) is 6.04. The SMILES string of the molecule is CC.CC(C)c1ccc2c(c1)C(=O)OC2(C)C. The molecule has 0 amide bonds. The summed E-state index contributed by atoms with van der Waals surface area (Å²) in [5.41, 5.74) is 2.44. The highest BCUT2D eigenvalue weighted by Gasteiger charge is 2.37. The summed E-state index contributed by atoms with van der Waals surface area (Å²) in [7, 11) is 0. The molecule has 0 atom stereocenters. The first-order chi connectivity index (χ1) is 7.92. The molecular weight excluding hydrogens is 212 g/mol. The average Bonchev–Trinajstić information content (AvgIpc) is 2.52. The summed E-state index contributed by atoms with van der Waals surface area (Å²) >= 11 is 0. The number of carbonyl (C=O) groups excluding carboxylic acids is 1. The van der Waals surface area contributed by atoms with Crippen molar-refractivity contribution in [3.63, 3.8) is 0 Å². The summed E-state index contributed by atoms with van der Waals surface area (Å²) in [5.74, 6) is 0.240. The largest absolute Gasteiger partial charge is 0.451 e. The van der Waals surface area contributed by atoms with E-state index in [0.29, 0.717) is 5.92 Å². The van der Waals surface area contributed by atoms with E-state index in [1.807, 2.05) is 39.8 Å². The van der Waals surface area contributed by atoms with E-state index < -0.39 is 5.60 Å². The standard InChI is InChI=1S/C13H16O2.C2H6/c1-8(2)9-5-6-11-10(7-9)12(14)15-13(11,3)4;1-2/h5-8H,1-4H3;1-2H3. The highest BCUT2D eigenvalue weighted by atomic mass is 16.6. The maximum Gasteiger partial charge on any atom is 0.339 e. The molecule has 0 aliphatic carbocycles. The Morgan fingerprint density at radius 1 is 1.18 bits per heavy atom. The van der Waals surface area contributed by atoms with E-state index in [2.05, 4.69) is 19.9 Å². The molecule has 0 saturated heterocycles. The smallest absolute Gasteiger partial charge is 0.339 e. The van der Waals surface area contributed by atoms with Crippen molar-refractivity contribution in [2.24, 2.45) is 0 Å². The second-order valence-corrected chi connectivity index (χ2v) is 4.86. The molecule has 0 radical (unpaired) electrons. The van der Waals surface area contributed by atoms with Gasteiger partial charge in [0.15, 0.2) is 0 Å². The van der Waals surface area contributed by atoms with Crippen molar-refractivity contribution in [3.8, 4) is 0 Å². The molecule has 1 aliphatic heterocycles. The fourth-order valence-electron chi connectivity index (χ4n) is 1.96. The van der Waals surface area contributed by atoms with Gasteiger partial charge in [0.05, 0.1) is 5.56 Å². The van der Waals surface area contributed by atoms with E-state index in [1.165, 1.54) is 5.56 Å². The zero-order chi connectivity index (χ0) is 13.2. The minimum atomic E-state index is -0.470. The van der Waals surface area contributed by atoms with Gasteiger partial charge in [0.25, 0.3) is 0 Å². The van der Waals surface area contributed by atoms with Crippen LogP contribution in [-0.4, -0.2) is 5.97 Å². The molecule has 0 aromatic heterocycles. The first-order valence-electron chi connectivity index (χ1n) is 6.29. The monoisotopic (exact) mass is 234 g/mol. The summed E-state index contributed by atoms with van der Waals surface area (Å²) in [6.45, 7) is 12.1. The number of hydrogen-bond acceptors (Lipinski definition) is 2. The van der Waals surface area contributed by atoms with Gasteiger partial charge in [-0.05, 0) is 31.4 Å². The summed E-state index contributed by atoms with van der Waals surface area (Å²) in [5, 5.41) is 0. The molecule has 0 unspecified atom stereocenters. The van der Waals surface area contributed by atoms with Crippen LogP contribution in [0.4, 0.5) is 0 Å². The molecule has 2 nitrogen and oxygen atoms in total. The normalized spacial score (nSPS) is 16.1. The van der Waals surface area contributed by atoms with Crippen LogP contribution in [0.25, 0.3) is 0 Å². The number of carbonyl (C=O) groups is 1. The van der Waals surface area contributed by atoms with Crippen molar-refractivity contribution in [3.05, 3.63) is 34.9 Å². The minimum absolute atomic E-state index is 0.197. The van der Waals surface area contributed by atoms with Gasteiger partial charge >= 0.3 is 5.97 Å². The quantitative estimate of drug-likeness (QED) is 0.679. The van der Waals surface area contributed by atoms with E-state index in [0.717, 1.165) is 11.1 Å². The van der Waals surface area contributed by atoms with Gasteiger partial charge < -0.3 is 4.74 Å². The van der Waals surface area contributed by atoms with Gasteiger partial charge in [-0.1, -0.05) is 39.8 Å². The van der Waals surface area contributed by atoms with Crippen molar-refractivity contribution in [2.45, 2.75) is 53.1 Å². The molecule has 0 fully saturated rings. The first kappa shape index (κ1) is 13.8. The lowest BCUT2D eigenvalue weighted by Gasteiger charge is -2.17. The van der Waals surface area contributed by atoms with E-state index in [-0.39, 0.29) is 5.97 Å². The molecular formula is C15H22O2. The highest BCUT2D eigenvalue weighted by molar-refractivity contribution is 5.94. The van der Waals surface area contributed by atoms with Crippen molar-refractivity contribution < 1.29 is 9.53 Å². The number of rotatable bonds is 1. The van der Waals surface area contributed by atoms with Crippen molar-refractivity contribution in [1.82, 2.24) is 0 Å². The topological polar surface area (TPSA) is 26.3 Å².